The van der Waals surface area contributed by atoms with Crippen LogP contribution in [0, 0.1) is 0 Å². The van der Waals surface area contributed by atoms with E-state index in [-0.39, 0.29) is 5.92 Å². The summed E-state index contributed by atoms with van der Waals surface area (Å²) in [6, 6.07) is 2.10. The summed E-state index contributed by atoms with van der Waals surface area (Å²) in [4.78, 5) is 13.2. The maximum atomic E-state index is 12.2. The van der Waals surface area contributed by atoms with Crippen molar-refractivity contribution >= 4 is 0 Å². The zero-order valence-electron chi connectivity index (χ0n) is 7.77. The quantitative estimate of drug-likeness (QED) is 0.750. The lowest BCUT2D eigenvalue weighted by atomic mass is 10.1. The van der Waals surface area contributed by atoms with Crippen molar-refractivity contribution in [3.8, 4) is 0 Å². The highest BCUT2D eigenvalue weighted by molar-refractivity contribution is 5.18. The predicted molar refractivity (Wildman–Crippen MR) is 46.2 cm³/mol. The van der Waals surface area contributed by atoms with Gasteiger partial charge in [0.2, 0.25) is 0 Å². The minimum atomic E-state index is -4.58. The van der Waals surface area contributed by atoms with Gasteiger partial charge in [0.1, 0.15) is 5.56 Å². The Bertz CT molecular complexity index is 378. The highest BCUT2D eigenvalue weighted by Crippen LogP contribution is 2.26. The van der Waals surface area contributed by atoms with E-state index in [1.807, 2.05) is 0 Å². The van der Waals surface area contributed by atoms with Crippen LogP contribution in [-0.4, -0.2) is 4.98 Å². The monoisotopic (exact) mass is 205 g/mol. The van der Waals surface area contributed by atoms with E-state index in [1.54, 1.807) is 13.8 Å². The van der Waals surface area contributed by atoms with Gasteiger partial charge in [0.05, 0.1) is 0 Å². The SMILES string of the molecule is CC(C)c1ccc(C(F)(F)F)c(=O)[nH]1. The number of pyridine rings is 1. The molecule has 0 radical (unpaired) electrons. The van der Waals surface area contributed by atoms with Gasteiger partial charge in [-0.3, -0.25) is 4.79 Å². The van der Waals surface area contributed by atoms with Gasteiger partial charge in [0.25, 0.3) is 5.56 Å². The van der Waals surface area contributed by atoms with Crippen molar-refractivity contribution in [2.24, 2.45) is 0 Å². The van der Waals surface area contributed by atoms with Gasteiger partial charge in [0, 0.05) is 5.69 Å². The molecule has 0 atom stereocenters. The molecule has 0 aliphatic carbocycles. The van der Waals surface area contributed by atoms with Crippen molar-refractivity contribution in [2.75, 3.05) is 0 Å². The molecule has 1 N–H and O–H groups in total. The minimum Gasteiger partial charge on any atom is -0.325 e. The van der Waals surface area contributed by atoms with Gasteiger partial charge >= 0.3 is 6.18 Å². The maximum absolute atomic E-state index is 12.2. The zero-order valence-corrected chi connectivity index (χ0v) is 7.77. The lowest BCUT2D eigenvalue weighted by Crippen LogP contribution is -2.22. The summed E-state index contributed by atoms with van der Waals surface area (Å²) in [5.41, 5.74) is -1.73. The van der Waals surface area contributed by atoms with Crippen LogP contribution in [0.2, 0.25) is 0 Å². The van der Waals surface area contributed by atoms with Crippen LogP contribution in [0.1, 0.15) is 31.0 Å². The average Bonchev–Trinajstić information content (AvgIpc) is 2.01. The van der Waals surface area contributed by atoms with Gasteiger partial charge in [-0.2, -0.15) is 13.2 Å². The fraction of sp³-hybridized carbons (Fsp3) is 0.444. The molecule has 0 saturated heterocycles. The van der Waals surface area contributed by atoms with E-state index in [0.717, 1.165) is 6.07 Å². The molecule has 0 aliphatic rings. The van der Waals surface area contributed by atoms with Gasteiger partial charge in [-0.1, -0.05) is 13.8 Å². The molecule has 1 aromatic rings. The van der Waals surface area contributed by atoms with E-state index in [9.17, 15) is 18.0 Å². The first-order chi connectivity index (χ1) is 6.32. The number of aromatic amines is 1. The first kappa shape index (κ1) is 10.8. The van der Waals surface area contributed by atoms with Gasteiger partial charge in [-0.15, -0.1) is 0 Å². The van der Waals surface area contributed by atoms with Crippen LogP contribution >= 0.6 is 0 Å². The molecular weight excluding hydrogens is 195 g/mol. The number of nitrogens with one attached hydrogen (secondary N) is 1. The van der Waals surface area contributed by atoms with E-state index < -0.39 is 17.3 Å². The molecule has 14 heavy (non-hydrogen) atoms. The summed E-state index contributed by atoms with van der Waals surface area (Å²) >= 11 is 0. The predicted octanol–water partition coefficient (Wildman–Crippen LogP) is 2.52. The molecule has 1 rings (SSSR count). The van der Waals surface area contributed by atoms with E-state index in [4.69, 9.17) is 0 Å². The first-order valence-corrected chi connectivity index (χ1v) is 4.13. The Hall–Kier alpha value is -1.26. The number of rotatable bonds is 1. The zero-order chi connectivity index (χ0) is 10.9. The van der Waals surface area contributed by atoms with Crippen molar-refractivity contribution in [1.29, 1.82) is 0 Å². The normalized spacial score (nSPS) is 12.1. The second kappa shape index (κ2) is 3.48. The van der Waals surface area contributed by atoms with E-state index in [0.29, 0.717) is 5.69 Å². The highest BCUT2D eigenvalue weighted by atomic mass is 19.4. The number of alkyl halides is 3. The topological polar surface area (TPSA) is 32.9 Å². The minimum absolute atomic E-state index is 0.00461. The summed E-state index contributed by atoms with van der Waals surface area (Å²) in [7, 11) is 0. The molecule has 1 heterocycles. The molecule has 1 aromatic heterocycles. The molecule has 0 aliphatic heterocycles. The molecule has 0 amide bonds. The van der Waals surface area contributed by atoms with Crippen LogP contribution in [0.15, 0.2) is 16.9 Å². The second-order valence-electron chi connectivity index (χ2n) is 3.31. The van der Waals surface area contributed by atoms with E-state index >= 15 is 0 Å². The molecule has 0 aromatic carbocycles. The van der Waals surface area contributed by atoms with Crippen LogP contribution in [0.25, 0.3) is 0 Å². The average molecular weight is 205 g/mol. The third-order valence-electron chi connectivity index (χ3n) is 1.86. The Kier molecular flexibility index (Phi) is 2.69. The van der Waals surface area contributed by atoms with Crippen LogP contribution in [0.3, 0.4) is 0 Å². The summed E-state index contributed by atoms with van der Waals surface area (Å²) in [5.74, 6) is 0.00461. The Balaban J connectivity index is 3.22. The van der Waals surface area contributed by atoms with E-state index in [2.05, 4.69) is 4.98 Å². The molecule has 5 heteroatoms. The standard InChI is InChI=1S/C9H10F3NO/c1-5(2)7-4-3-6(8(14)13-7)9(10,11)12/h3-5H,1-2H3,(H,13,14). The Morgan fingerprint density at radius 2 is 1.86 bits per heavy atom. The highest BCUT2D eigenvalue weighted by Gasteiger charge is 2.33. The van der Waals surface area contributed by atoms with Crippen LogP contribution in [0.4, 0.5) is 13.2 Å². The van der Waals surface area contributed by atoms with Gasteiger partial charge in [0.15, 0.2) is 0 Å². The molecule has 0 bridgehead atoms. The molecule has 0 fully saturated rings. The smallest absolute Gasteiger partial charge is 0.325 e. The number of aromatic nitrogens is 1. The molecule has 2 nitrogen and oxygen atoms in total. The van der Waals surface area contributed by atoms with Crippen molar-refractivity contribution in [3.05, 3.63) is 33.7 Å². The molecule has 0 unspecified atom stereocenters. The maximum Gasteiger partial charge on any atom is 0.421 e. The largest absolute Gasteiger partial charge is 0.421 e. The third kappa shape index (κ3) is 2.16. The fourth-order valence-electron chi connectivity index (χ4n) is 1.05. The number of H-pyrrole nitrogens is 1. The van der Waals surface area contributed by atoms with Gasteiger partial charge < -0.3 is 4.98 Å². The van der Waals surface area contributed by atoms with Crippen molar-refractivity contribution < 1.29 is 13.2 Å². The lowest BCUT2D eigenvalue weighted by Gasteiger charge is -2.08. The third-order valence-corrected chi connectivity index (χ3v) is 1.86. The molecular formula is C9H10F3NO. The second-order valence-corrected chi connectivity index (χ2v) is 3.31. The summed E-state index contributed by atoms with van der Waals surface area (Å²) in [5, 5.41) is 0. The molecule has 0 saturated carbocycles. The number of hydrogen-bond acceptors (Lipinski definition) is 1. The van der Waals surface area contributed by atoms with Crippen molar-refractivity contribution in [2.45, 2.75) is 25.9 Å². The first-order valence-electron chi connectivity index (χ1n) is 4.13. The van der Waals surface area contributed by atoms with Crippen LogP contribution in [-0.2, 0) is 6.18 Å². The van der Waals surface area contributed by atoms with Gasteiger partial charge in [-0.25, -0.2) is 0 Å². The summed E-state index contributed by atoms with van der Waals surface area (Å²) in [6.45, 7) is 3.58. The fourth-order valence-corrected chi connectivity index (χ4v) is 1.05. The van der Waals surface area contributed by atoms with Crippen LogP contribution < -0.4 is 5.56 Å². The Labute approximate surface area is 78.8 Å². The Morgan fingerprint density at radius 3 is 2.21 bits per heavy atom. The van der Waals surface area contributed by atoms with Crippen molar-refractivity contribution in [1.82, 2.24) is 4.98 Å². The summed E-state index contributed by atoms with van der Waals surface area (Å²) in [6.07, 6.45) is -4.58. The Morgan fingerprint density at radius 1 is 1.29 bits per heavy atom. The van der Waals surface area contributed by atoms with Crippen molar-refractivity contribution in [3.63, 3.8) is 0 Å². The number of hydrogen-bond donors (Lipinski definition) is 1. The molecule has 0 spiro atoms. The number of halogens is 3. The molecule has 78 valence electrons. The lowest BCUT2D eigenvalue weighted by molar-refractivity contribution is -0.138. The van der Waals surface area contributed by atoms with E-state index in [1.165, 1.54) is 6.07 Å². The summed E-state index contributed by atoms with van der Waals surface area (Å²) < 4.78 is 36.5. The van der Waals surface area contributed by atoms with Crippen LogP contribution in [0.5, 0.6) is 0 Å². The van der Waals surface area contributed by atoms with Gasteiger partial charge in [-0.05, 0) is 18.1 Å².